The predicted octanol–water partition coefficient (Wildman–Crippen LogP) is 4.68. The second-order valence-electron chi connectivity index (χ2n) is 5.46. The van der Waals surface area contributed by atoms with Crippen LogP contribution in [0.5, 0.6) is 0 Å². The quantitative estimate of drug-likeness (QED) is 0.419. The first kappa shape index (κ1) is 18.9. The van der Waals surface area contributed by atoms with E-state index in [1.165, 1.54) is 24.3 Å². The summed E-state index contributed by atoms with van der Waals surface area (Å²) in [5.74, 6) is -0.259. The van der Waals surface area contributed by atoms with Gasteiger partial charge in [0.15, 0.2) is 0 Å². The molecule has 0 spiro atoms. The van der Waals surface area contributed by atoms with Crippen LogP contribution in [0.3, 0.4) is 0 Å². The molecule has 0 radical (unpaired) electrons. The zero-order valence-corrected chi connectivity index (χ0v) is 15.6. The lowest BCUT2D eigenvalue weighted by Gasteiger charge is -2.10. The summed E-state index contributed by atoms with van der Waals surface area (Å²) in [4.78, 5) is 23.1. The number of benzene rings is 2. The van der Waals surface area contributed by atoms with Crippen molar-refractivity contribution >= 4 is 52.5 Å². The molecule has 2 aromatic rings. The van der Waals surface area contributed by atoms with Crippen LogP contribution in [0.2, 0.25) is 10.0 Å². The topological polar surface area (TPSA) is 85.0 Å². The Hall–Kier alpha value is -2.90. The highest BCUT2D eigenvalue weighted by Gasteiger charge is 2.32. The maximum atomic E-state index is 12.8. The minimum Gasteiger partial charge on any atom is -0.476 e. The predicted molar refractivity (Wildman–Crippen MR) is 104 cm³/mol. The third-order valence-corrected chi connectivity index (χ3v) is 4.42. The van der Waals surface area contributed by atoms with Crippen molar-refractivity contribution in [2.24, 2.45) is 5.10 Å². The van der Waals surface area contributed by atoms with E-state index in [4.69, 9.17) is 27.9 Å². The number of nitro benzene ring substituents is 1. The molecule has 2 aromatic carbocycles. The Morgan fingerprint density at radius 2 is 1.89 bits per heavy atom. The van der Waals surface area contributed by atoms with Crippen LogP contribution in [-0.4, -0.2) is 23.3 Å². The molecule has 9 heteroatoms. The Morgan fingerprint density at radius 3 is 2.48 bits per heavy atom. The molecule has 0 saturated heterocycles. The molecule has 0 fully saturated rings. The molecule has 0 atom stereocenters. The number of amides is 1. The van der Waals surface area contributed by atoms with Gasteiger partial charge in [0.1, 0.15) is 5.57 Å². The number of anilines is 1. The van der Waals surface area contributed by atoms with Gasteiger partial charge in [0.2, 0.25) is 5.90 Å². The van der Waals surface area contributed by atoms with Crippen LogP contribution >= 0.6 is 23.2 Å². The Balaban J connectivity index is 1.97. The monoisotopic (exact) mass is 405 g/mol. The molecule has 1 aliphatic heterocycles. The van der Waals surface area contributed by atoms with Gasteiger partial charge in [0.25, 0.3) is 11.6 Å². The third kappa shape index (κ3) is 3.94. The molecule has 7 nitrogen and oxygen atoms in total. The van der Waals surface area contributed by atoms with Crippen molar-refractivity contribution in [2.75, 3.05) is 11.6 Å². The number of ether oxygens (including phenoxy) is 1. The fraction of sp³-hybridized carbons (Fsp3) is 0.111. The van der Waals surface area contributed by atoms with Gasteiger partial charge in [-0.1, -0.05) is 29.3 Å². The van der Waals surface area contributed by atoms with Gasteiger partial charge < -0.3 is 4.74 Å². The van der Waals surface area contributed by atoms with Crippen molar-refractivity contribution in [3.05, 3.63) is 73.8 Å². The zero-order chi connectivity index (χ0) is 19.6. The van der Waals surface area contributed by atoms with Crippen LogP contribution < -0.4 is 5.01 Å². The summed E-state index contributed by atoms with van der Waals surface area (Å²) in [5, 5.41) is 16.9. The maximum absolute atomic E-state index is 12.8. The normalized spacial score (nSPS) is 15.2. The Bertz CT molecular complexity index is 971. The molecular formula is C18H13Cl2N3O4. The van der Waals surface area contributed by atoms with E-state index in [2.05, 4.69) is 5.10 Å². The number of nitro groups is 1. The fourth-order valence-electron chi connectivity index (χ4n) is 2.42. The van der Waals surface area contributed by atoms with Crippen LogP contribution in [0, 0.1) is 10.1 Å². The number of carbonyl (C=O) groups is 1. The Morgan fingerprint density at radius 1 is 1.19 bits per heavy atom. The van der Waals surface area contributed by atoms with E-state index in [9.17, 15) is 14.9 Å². The van der Waals surface area contributed by atoms with E-state index < -0.39 is 10.8 Å². The average Bonchev–Trinajstić information content (AvgIpc) is 2.95. The van der Waals surface area contributed by atoms with Crippen molar-refractivity contribution in [2.45, 2.75) is 6.92 Å². The maximum Gasteiger partial charge on any atom is 0.284 e. The Kier molecular flexibility index (Phi) is 5.43. The van der Waals surface area contributed by atoms with E-state index >= 15 is 0 Å². The molecule has 0 bridgehead atoms. The molecule has 0 aromatic heterocycles. The van der Waals surface area contributed by atoms with Crippen molar-refractivity contribution in [1.82, 2.24) is 0 Å². The summed E-state index contributed by atoms with van der Waals surface area (Å²) in [6.45, 7) is 2.09. The van der Waals surface area contributed by atoms with Crippen LogP contribution in [0.15, 0.2) is 53.1 Å². The van der Waals surface area contributed by atoms with Crippen LogP contribution in [0.25, 0.3) is 6.08 Å². The zero-order valence-electron chi connectivity index (χ0n) is 14.1. The highest BCUT2D eigenvalue weighted by atomic mass is 35.5. The summed E-state index contributed by atoms with van der Waals surface area (Å²) in [6.07, 6.45) is 1.60. The van der Waals surface area contributed by atoms with Crippen LogP contribution in [-0.2, 0) is 9.53 Å². The van der Waals surface area contributed by atoms with Gasteiger partial charge in [-0.3, -0.25) is 14.9 Å². The fourth-order valence-corrected chi connectivity index (χ4v) is 2.73. The minimum atomic E-state index is -0.514. The summed E-state index contributed by atoms with van der Waals surface area (Å²) in [5.41, 5.74) is 1.21. The minimum absolute atomic E-state index is 0.0778. The number of nitrogens with zero attached hydrogens (tertiary/aromatic N) is 3. The van der Waals surface area contributed by atoms with Gasteiger partial charge in [-0.2, -0.15) is 5.01 Å². The standard InChI is InChI=1S/C18H13Cl2N3O4/c1-2-27-17-14(9-11-3-8-15(19)16(20)10-11)18(24)22(21-17)12-4-6-13(7-5-12)23(25)26/h3-10H,2H2,1H3. The lowest BCUT2D eigenvalue weighted by molar-refractivity contribution is -0.384. The van der Waals surface area contributed by atoms with E-state index in [1.807, 2.05) is 0 Å². The Labute approximate surface area is 164 Å². The summed E-state index contributed by atoms with van der Waals surface area (Å²) < 4.78 is 5.48. The number of rotatable bonds is 4. The SMILES string of the molecule is CCOC1=NN(c2ccc([N+](=O)[O-])cc2)C(=O)C1=Cc1ccc(Cl)c(Cl)c1. The lowest BCUT2D eigenvalue weighted by atomic mass is 10.1. The van der Waals surface area contributed by atoms with Crippen molar-refractivity contribution < 1.29 is 14.5 Å². The second kappa shape index (κ2) is 7.77. The van der Waals surface area contributed by atoms with Gasteiger partial charge in [0, 0.05) is 12.1 Å². The number of non-ortho nitro benzene ring substituents is 1. The molecule has 1 aliphatic rings. The van der Waals surface area contributed by atoms with Crippen LogP contribution in [0.1, 0.15) is 12.5 Å². The molecule has 0 unspecified atom stereocenters. The molecule has 0 N–H and O–H groups in total. The van der Waals surface area contributed by atoms with Crippen LogP contribution in [0.4, 0.5) is 11.4 Å². The van der Waals surface area contributed by atoms with Gasteiger partial charge in [-0.05, 0) is 42.8 Å². The molecule has 1 heterocycles. The summed E-state index contributed by atoms with van der Waals surface area (Å²) in [6, 6.07) is 10.5. The molecule has 0 aliphatic carbocycles. The average molecular weight is 406 g/mol. The molecule has 27 heavy (non-hydrogen) atoms. The van der Waals surface area contributed by atoms with Crippen molar-refractivity contribution in [1.29, 1.82) is 0 Å². The second-order valence-corrected chi connectivity index (χ2v) is 6.27. The van der Waals surface area contributed by atoms with E-state index in [-0.39, 0.29) is 17.2 Å². The number of halogens is 2. The van der Waals surface area contributed by atoms with E-state index in [0.29, 0.717) is 27.9 Å². The van der Waals surface area contributed by atoms with Crippen molar-refractivity contribution in [3.8, 4) is 0 Å². The van der Waals surface area contributed by atoms with Gasteiger partial charge in [-0.25, -0.2) is 0 Å². The van der Waals surface area contributed by atoms with Gasteiger partial charge >= 0.3 is 0 Å². The van der Waals surface area contributed by atoms with E-state index in [0.717, 1.165) is 5.01 Å². The number of hydrazone groups is 1. The van der Waals surface area contributed by atoms with Gasteiger partial charge in [-0.15, -0.1) is 5.10 Å². The molecular weight excluding hydrogens is 393 g/mol. The summed E-state index contributed by atoms with van der Waals surface area (Å²) in [7, 11) is 0. The first-order valence-electron chi connectivity index (χ1n) is 7.88. The number of carbonyl (C=O) groups excluding carboxylic acids is 1. The van der Waals surface area contributed by atoms with Crippen molar-refractivity contribution in [3.63, 3.8) is 0 Å². The van der Waals surface area contributed by atoms with Gasteiger partial charge in [0.05, 0.1) is 27.3 Å². The van der Waals surface area contributed by atoms with E-state index in [1.54, 1.807) is 31.2 Å². The molecule has 0 saturated carbocycles. The summed E-state index contributed by atoms with van der Waals surface area (Å²) >= 11 is 11.9. The number of hydrogen-bond acceptors (Lipinski definition) is 5. The third-order valence-electron chi connectivity index (χ3n) is 3.68. The smallest absolute Gasteiger partial charge is 0.284 e. The lowest BCUT2D eigenvalue weighted by Crippen LogP contribution is -2.21. The molecule has 3 rings (SSSR count). The molecule has 1 amide bonds. The first-order chi connectivity index (χ1) is 12.9. The first-order valence-corrected chi connectivity index (χ1v) is 8.63. The molecule has 138 valence electrons. The highest BCUT2D eigenvalue weighted by Crippen LogP contribution is 2.29. The number of hydrogen-bond donors (Lipinski definition) is 0. The highest BCUT2D eigenvalue weighted by molar-refractivity contribution is 6.42. The largest absolute Gasteiger partial charge is 0.476 e.